The molecule has 0 heterocycles. The molecule has 1 unspecified atom stereocenters. The molecule has 1 aliphatic carbocycles. The molecule has 0 N–H and O–H groups in total. The van der Waals surface area contributed by atoms with Gasteiger partial charge in [0.05, 0.1) is 17.0 Å². The summed E-state index contributed by atoms with van der Waals surface area (Å²) in [6.07, 6.45) is 0.296. The fourth-order valence-electron chi connectivity index (χ4n) is 4.73. The van der Waals surface area contributed by atoms with Crippen LogP contribution in [0.15, 0.2) is 54.6 Å². The maximum absolute atomic E-state index is 13.7. The van der Waals surface area contributed by atoms with Crippen molar-refractivity contribution in [2.75, 3.05) is 19.6 Å². The lowest BCUT2D eigenvalue weighted by atomic mass is 9.60. The fourth-order valence-corrected chi connectivity index (χ4v) is 4.73. The van der Waals surface area contributed by atoms with Crippen LogP contribution in [-0.2, 0) is 18.0 Å². The lowest BCUT2D eigenvalue weighted by Crippen LogP contribution is -2.40. The second-order valence-corrected chi connectivity index (χ2v) is 8.53. The molecular formula is C26H31F3N2. The minimum Gasteiger partial charge on any atom is -0.303 e. The molecule has 2 nitrogen and oxygen atoms in total. The van der Waals surface area contributed by atoms with Gasteiger partial charge in [-0.2, -0.15) is 18.4 Å². The molecule has 5 heteroatoms. The second kappa shape index (κ2) is 10.3. The van der Waals surface area contributed by atoms with Gasteiger partial charge in [-0.3, -0.25) is 0 Å². The topological polar surface area (TPSA) is 27.0 Å². The summed E-state index contributed by atoms with van der Waals surface area (Å²) in [5.41, 5.74) is -0.272. The summed E-state index contributed by atoms with van der Waals surface area (Å²) in [4.78, 5) is 2.32. The van der Waals surface area contributed by atoms with Crippen LogP contribution >= 0.6 is 0 Å². The van der Waals surface area contributed by atoms with Gasteiger partial charge >= 0.3 is 6.18 Å². The average Bonchev–Trinajstić information content (AvgIpc) is 2.74. The molecule has 1 fully saturated rings. The summed E-state index contributed by atoms with van der Waals surface area (Å²) >= 11 is 0. The molecule has 2 aromatic carbocycles. The van der Waals surface area contributed by atoms with Crippen molar-refractivity contribution in [2.24, 2.45) is 5.92 Å². The predicted octanol–water partition coefficient (Wildman–Crippen LogP) is 6.61. The van der Waals surface area contributed by atoms with Crippen LogP contribution in [0.3, 0.4) is 0 Å². The number of nitrogens with zero attached hydrogens (tertiary/aromatic N) is 2. The Balaban J connectivity index is 1.73. The molecule has 0 aromatic heterocycles. The highest BCUT2D eigenvalue weighted by atomic mass is 19.4. The van der Waals surface area contributed by atoms with Crippen molar-refractivity contribution in [3.63, 3.8) is 0 Å². The van der Waals surface area contributed by atoms with Crippen molar-refractivity contribution < 1.29 is 13.2 Å². The Hall–Kier alpha value is -2.32. The van der Waals surface area contributed by atoms with E-state index in [4.69, 9.17) is 0 Å². The van der Waals surface area contributed by atoms with Crippen LogP contribution < -0.4 is 0 Å². The van der Waals surface area contributed by atoms with Gasteiger partial charge in [0.2, 0.25) is 0 Å². The van der Waals surface area contributed by atoms with E-state index in [1.54, 1.807) is 6.07 Å². The second-order valence-electron chi connectivity index (χ2n) is 8.53. The zero-order chi connectivity index (χ0) is 22.3. The van der Waals surface area contributed by atoms with E-state index in [-0.39, 0.29) is 11.5 Å². The minimum atomic E-state index is -4.45. The SMILES string of the molecule is CCN(CCCC(C#N)(c1ccccc1C(F)(F)F)C1CCC1)CCc1ccccc1. The van der Waals surface area contributed by atoms with E-state index in [2.05, 4.69) is 30.0 Å². The summed E-state index contributed by atoms with van der Waals surface area (Å²) in [6.45, 7) is 4.68. The van der Waals surface area contributed by atoms with Crippen molar-refractivity contribution in [2.45, 2.75) is 57.0 Å². The Morgan fingerprint density at radius 3 is 2.16 bits per heavy atom. The molecule has 31 heavy (non-hydrogen) atoms. The maximum Gasteiger partial charge on any atom is 0.416 e. The van der Waals surface area contributed by atoms with Crippen molar-refractivity contribution in [3.05, 3.63) is 71.3 Å². The quantitative estimate of drug-likeness (QED) is 0.426. The average molecular weight is 429 g/mol. The van der Waals surface area contributed by atoms with Gasteiger partial charge in [-0.25, -0.2) is 0 Å². The Bertz CT molecular complexity index is 868. The number of halogens is 3. The first-order chi connectivity index (χ1) is 14.9. The Labute approximate surface area is 183 Å². The van der Waals surface area contributed by atoms with Gasteiger partial charge < -0.3 is 4.90 Å². The molecule has 0 radical (unpaired) electrons. The molecule has 166 valence electrons. The molecule has 0 spiro atoms. The first-order valence-electron chi connectivity index (χ1n) is 11.2. The van der Waals surface area contributed by atoms with E-state index in [0.29, 0.717) is 12.8 Å². The van der Waals surface area contributed by atoms with Crippen LogP contribution in [0.25, 0.3) is 0 Å². The molecule has 0 bridgehead atoms. The summed E-state index contributed by atoms with van der Waals surface area (Å²) in [7, 11) is 0. The largest absolute Gasteiger partial charge is 0.416 e. The molecule has 1 aliphatic rings. The van der Waals surface area contributed by atoms with Crippen LogP contribution in [0.4, 0.5) is 13.2 Å². The smallest absolute Gasteiger partial charge is 0.303 e. The monoisotopic (exact) mass is 428 g/mol. The number of rotatable bonds is 10. The Kier molecular flexibility index (Phi) is 7.78. The number of likely N-dealkylation sites (N-methyl/N-ethyl adjacent to an activating group) is 1. The molecule has 1 atom stereocenters. The number of nitriles is 1. The van der Waals surface area contributed by atoms with E-state index < -0.39 is 17.2 Å². The van der Waals surface area contributed by atoms with Crippen molar-refractivity contribution >= 4 is 0 Å². The molecule has 1 saturated carbocycles. The van der Waals surface area contributed by atoms with Gasteiger partial charge in [0.15, 0.2) is 0 Å². The number of benzene rings is 2. The van der Waals surface area contributed by atoms with E-state index in [1.165, 1.54) is 17.7 Å². The van der Waals surface area contributed by atoms with E-state index >= 15 is 0 Å². The number of hydrogen-bond acceptors (Lipinski definition) is 2. The number of alkyl halides is 3. The van der Waals surface area contributed by atoms with Gasteiger partial charge in [0, 0.05) is 6.54 Å². The molecule has 0 saturated heterocycles. The molecular weight excluding hydrogens is 397 g/mol. The third-order valence-electron chi connectivity index (χ3n) is 6.77. The predicted molar refractivity (Wildman–Crippen MR) is 118 cm³/mol. The highest BCUT2D eigenvalue weighted by Crippen LogP contribution is 2.50. The van der Waals surface area contributed by atoms with E-state index in [0.717, 1.165) is 51.4 Å². The van der Waals surface area contributed by atoms with Crippen molar-refractivity contribution in [3.8, 4) is 6.07 Å². The summed E-state index contributed by atoms with van der Waals surface area (Å²) in [5.74, 6) is 0.000366. The van der Waals surface area contributed by atoms with Crippen LogP contribution in [-0.4, -0.2) is 24.5 Å². The van der Waals surface area contributed by atoms with Gasteiger partial charge in [0.1, 0.15) is 0 Å². The van der Waals surface area contributed by atoms with Crippen LogP contribution in [0.1, 0.15) is 55.7 Å². The molecule has 2 aromatic rings. The van der Waals surface area contributed by atoms with E-state index in [1.807, 2.05) is 18.2 Å². The Morgan fingerprint density at radius 2 is 1.61 bits per heavy atom. The minimum absolute atomic E-state index is 0.000366. The van der Waals surface area contributed by atoms with Crippen LogP contribution in [0.5, 0.6) is 0 Å². The highest BCUT2D eigenvalue weighted by Gasteiger charge is 2.47. The summed E-state index contributed by atoms with van der Waals surface area (Å²) in [5, 5.41) is 10.2. The maximum atomic E-state index is 13.7. The first kappa shape index (κ1) is 23.3. The summed E-state index contributed by atoms with van der Waals surface area (Å²) in [6, 6.07) is 18.4. The van der Waals surface area contributed by atoms with Crippen molar-refractivity contribution in [1.29, 1.82) is 5.26 Å². The number of hydrogen-bond donors (Lipinski definition) is 0. The van der Waals surface area contributed by atoms with Crippen LogP contribution in [0.2, 0.25) is 0 Å². The van der Waals surface area contributed by atoms with Crippen LogP contribution in [0, 0.1) is 17.2 Å². The lowest BCUT2D eigenvalue weighted by Gasteiger charge is -2.42. The summed E-state index contributed by atoms with van der Waals surface area (Å²) < 4.78 is 41.2. The zero-order valence-corrected chi connectivity index (χ0v) is 18.2. The Morgan fingerprint density at radius 1 is 0.968 bits per heavy atom. The van der Waals surface area contributed by atoms with E-state index in [9.17, 15) is 18.4 Å². The van der Waals surface area contributed by atoms with Gasteiger partial charge in [-0.15, -0.1) is 0 Å². The fraction of sp³-hybridized carbons (Fsp3) is 0.500. The standard InChI is InChI=1S/C26H31F3N2/c1-2-31(19-16-21-10-4-3-5-11-21)18-9-17-25(20-30,22-12-8-13-22)23-14-6-7-15-24(23)26(27,28)29/h3-7,10-11,14-15,22H,2,8-9,12-13,16-19H2,1H3. The molecule has 0 amide bonds. The third kappa shape index (κ3) is 5.49. The first-order valence-corrected chi connectivity index (χ1v) is 11.2. The normalized spacial score (nSPS) is 16.5. The molecule has 0 aliphatic heterocycles. The zero-order valence-electron chi connectivity index (χ0n) is 18.2. The van der Waals surface area contributed by atoms with Gasteiger partial charge in [-0.05, 0) is 68.3 Å². The lowest BCUT2D eigenvalue weighted by molar-refractivity contribution is -0.139. The highest BCUT2D eigenvalue weighted by molar-refractivity contribution is 5.42. The third-order valence-corrected chi connectivity index (χ3v) is 6.77. The van der Waals surface area contributed by atoms with Gasteiger partial charge in [-0.1, -0.05) is 61.9 Å². The van der Waals surface area contributed by atoms with Gasteiger partial charge in [0.25, 0.3) is 0 Å². The molecule has 3 rings (SSSR count). The van der Waals surface area contributed by atoms with Crippen molar-refractivity contribution in [1.82, 2.24) is 4.90 Å².